The smallest absolute Gasteiger partial charge is 0.257 e. The molecule has 0 unspecified atom stereocenters. The number of hydrazone groups is 1. The third-order valence-corrected chi connectivity index (χ3v) is 1.92. The predicted octanol–water partition coefficient (Wildman–Crippen LogP) is 0.674. The van der Waals surface area contributed by atoms with Crippen LogP contribution in [-0.2, 0) is 0 Å². The van der Waals surface area contributed by atoms with Gasteiger partial charge in [-0.15, -0.1) is 0 Å². The van der Waals surface area contributed by atoms with Crippen molar-refractivity contribution in [2.45, 2.75) is 20.8 Å². The molecule has 1 aromatic rings. The minimum absolute atomic E-state index is 0.135. The summed E-state index contributed by atoms with van der Waals surface area (Å²) in [5, 5.41) is 3.51. The van der Waals surface area contributed by atoms with Crippen LogP contribution in [0.5, 0.6) is 0 Å². The van der Waals surface area contributed by atoms with Gasteiger partial charge in [0.05, 0.1) is 11.3 Å². The van der Waals surface area contributed by atoms with Gasteiger partial charge in [-0.05, 0) is 32.4 Å². The molecule has 0 fully saturated rings. The first-order valence-corrected chi connectivity index (χ1v) is 4.01. The lowest BCUT2D eigenvalue weighted by molar-refractivity contribution is 1.10. The Bertz CT molecular complexity index is 404. The lowest BCUT2D eigenvalue weighted by Gasteiger charge is -2.03. The van der Waals surface area contributed by atoms with E-state index in [0.29, 0.717) is 11.3 Å². The molecule has 0 aliphatic heterocycles. The number of hydrogen-bond acceptors (Lipinski definition) is 3. The van der Waals surface area contributed by atoms with Gasteiger partial charge in [-0.1, -0.05) is 0 Å². The molecular formula is C9H13N3O. The largest absolute Gasteiger partial charge is 0.326 e. The van der Waals surface area contributed by atoms with E-state index in [9.17, 15) is 4.79 Å². The Hall–Kier alpha value is -1.58. The van der Waals surface area contributed by atoms with Crippen LogP contribution in [0, 0.1) is 13.8 Å². The number of aromatic nitrogens is 1. The van der Waals surface area contributed by atoms with Gasteiger partial charge in [0, 0.05) is 5.69 Å². The van der Waals surface area contributed by atoms with Crippen LogP contribution in [0.1, 0.15) is 23.7 Å². The van der Waals surface area contributed by atoms with Crippen molar-refractivity contribution in [3.63, 3.8) is 0 Å². The molecule has 1 aromatic heterocycles. The molecule has 0 spiro atoms. The summed E-state index contributed by atoms with van der Waals surface area (Å²) in [6.07, 6.45) is 0. The van der Waals surface area contributed by atoms with E-state index in [-0.39, 0.29) is 5.56 Å². The van der Waals surface area contributed by atoms with Crippen molar-refractivity contribution >= 4 is 5.71 Å². The molecule has 0 atom stereocenters. The van der Waals surface area contributed by atoms with Gasteiger partial charge < -0.3 is 10.8 Å². The average molecular weight is 179 g/mol. The monoisotopic (exact) mass is 179 g/mol. The molecule has 0 saturated carbocycles. The van der Waals surface area contributed by atoms with E-state index in [1.807, 2.05) is 19.9 Å². The zero-order valence-corrected chi connectivity index (χ0v) is 8.01. The van der Waals surface area contributed by atoms with Crippen molar-refractivity contribution in [3.8, 4) is 0 Å². The summed E-state index contributed by atoms with van der Waals surface area (Å²) in [6.45, 7) is 5.42. The van der Waals surface area contributed by atoms with Gasteiger partial charge in [0.1, 0.15) is 0 Å². The van der Waals surface area contributed by atoms with E-state index in [0.717, 1.165) is 11.3 Å². The molecule has 0 aromatic carbocycles. The highest BCUT2D eigenvalue weighted by Crippen LogP contribution is 2.04. The average Bonchev–Trinajstić information content (AvgIpc) is 2.02. The molecular weight excluding hydrogens is 166 g/mol. The summed E-state index contributed by atoms with van der Waals surface area (Å²) in [5.41, 5.74) is 2.72. The van der Waals surface area contributed by atoms with Gasteiger partial charge in [0.15, 0.2) is 0 Å². The Kier molecular flexibility index (Phi) is 2.51. The molecule has 0 saturated heterocycles. The van der Waals surface area contributed by atoms with Crippen LogP contribution < -0.4 is 11.4 Å². The standard InChI is InChI=1S/C9H13N3O/c1-5-4-6(2)11-9(13)8(5)7(3)12-10/h4H,10H2,1-3H3,(H,11,13)/b12-7+. The van der Waals surface area contributed by atoms with Crippen molar-refractivity contribution in [1.82, 2.24) is 4.98 Å². The summed E-state index contributed by atoms with van der Waals surface area (Å²) in [5.74, 6) is 5.12. The summed E-state index contributed by atoms with van der Waals surface area (Å²) < 4.78 is 0. The molecule has 3 N–H and O–H groups in total. The lowest BCUT2D eigenvalue weighted by Crippen LogP contribution is -2.20. The van der Waals surface area contributed by atoms with E-state index in [1.165, 1.54) is 0 Å². The molecule has 0 aliphatic rings. The molecule has 0 radical (unpaired) electrons. The number of nitrogens with two attached hydrogens (primary N) is 1. The zero-order valence-electron chi connectivity index (χ0n) is 8.01. The van der Waals surface area contributed by atoms with Gasteiger partial charge in [-0.2, -0.15) is 5.10 Å². The fourth-order valence-electron chi connectivity index (χ4n) is 1.37. The summed E-state index contributed by atoms with van der Waals surface area (Å²) in [4.78, 5) is 14.2. The van der Waals surface area contributed by atoms with Crippen LogP contribution in [0.3, 0.4) is 0 Å². The Labute approximate surface area is 76.5 Å². The lowest BCUT2D eigenvalue weighted by atomic mass is 10.1. The van der Waals surface area contributed by atoms with E-state index >= 15 is 0 Å². The van der Waals surface area contributed by atoms with E-state index in [2.05, 4.69) is 10.1 Å². The van der Waals surface area contributed by atoms with Crippen LogP contribution in [0.4, 0.5) is 0 Å². The summed E-state index contributed by atoms with van der Waals surface area (Å²) in [6, 6.07) is 1.89. The Morgan fingerprint density at radius 2 is 2.15 bits per heavy atom. The summed E-state index contributed by atoms with van der Waals surface area (Å²) in [7, 11) is 0. The van der Waals surface area contributed by atoms with Gasteiger partial charge in [0.2, 0.25) is 0 Å². The molecule has 70 valence electrons. The maximum absolute atomic E-state index is 11.5. The van der Waals surface area contributed by atoms with Crippen LogP contribution in [0.2, 0.25) is 0 Å². The van der Waals surface area contributed by atoms with Crippen molar-refractivity contribution in [2.75, 3.05) is 0 Å². The Balaban J connectivity index is 3.47. The highest BCUT2D eigenvalue weighted by atomic mass is 16.1. The number of nitrogens with one attached hydrogen (secondary N) is 1. The molecule has 1 heterocycles. The van der Waals surface area contributed by atoms with Gasteiger partial charge in [-0.3, -0.25) is 4.79 Å². The first-order valence-electron chi connectivity index (χ1n) is 4.01. The molecule has 0 bridgehead atoms. The van der Waals surface area contributed by atoms with Gasteiger partial charge >= 0.3 is 0 Å². The third kappa shape index (κ3) is 1.77. The minimum atomic E-state index is -0.135. The van der Waals surface area contributed by atoms with Crippen LogP contribution in [-0.4, -0.2) is 10.7 Å². The third-order valence-electron chi connectivity index (χ3n) is 1.92. The Morgan fingerprint density at radius 1 is 1.54 bits per heavy atom. The topological polar surface area (TPSA) is 71.2 Å². The Morgan fingerprint density at radius 3 is 2.62 bits per heavy atom. The fourth-order valence-corrected chi connectivity index (χ4v) is 1.37. The second-order valence-corrected chi connectivity index (χ2v) is 3.05. The minimum Gasteiger partial charge on any atom is -0.326 e. The first kappa shape index (κ1) is 9.51. The quantitative estimate of drug-likeness (QED) is 0.378. The zero-order chi connectivity index (χ0) is 10.0. The normalized spacial score (nSPS) is 11.8. The number of aromatic amines is 1. The molecule has 0 amide bonds. The molecule has 1 rings (SSSR count). The van der Waals surface area contributed by atoms with Gasteiger partial charge in [-0.25, -0.2) is 0 Å². The van der Waals surface area contributed by atoms with Crippen LogP contribution in [0.15, 0.2) is 16.0 Å². The molecule has 13 heavy (non-hydrogen) atoms. The number of rotatable bonds is 1. The van der Waals surface area contributed by atoms with E-state index in [1.54, 1.807) is 6.92 Å². The summed E-state index contributed by atoms with van der Waals surface area (Å²) >= 11 is 0. The second kappa shape index (κ2) is 3.43. The van der Waals surface area contributed by atoms with Crippen molar-refractivity contribution in [3.05, 3.63) is 33.2 Å². The molecule has 4 heteroatoms. The highest BCUT2D eigenvalue weighted by Gasteiger charge is 2.07. The number of pyridine rings is 1. The fraction of sp³-hybridized carbons (Fsp3) is 0.333. The van der Waals surface area contributed by atoms with Crippen molar-refractivity contribution in [1.29, 1.82) is 0 Å². The second-order valence-electron chi connectivity index (χ2n) is 3.05. The van der Waals surface area contributed by atoms with E-state index < -0.39 is 0 Å². The number of H-pyrrole nitrogens is 1. The SMILES string of the molecule is C/C(=N\N)c1c(C)cc(C)[nH]c1=O. The molecule has 0 aliphatic carbocycles. The van der Waals surface area contributed by atoms with Gasteiger partial charge in [0.25, 0.3) is 5.56 Å². The van der Waals surface area contributed by atoms with Crippen LogP contribution in [0.25, 0.3) is 0 Å². The maximum atomic E-state index is 11.5. The van der Waals surface area contributed by atoms with E-state index in [4.69, 9.17) is 5.84 Å². The van der Waals surface area contributed by atoms with Crippen molar-refractivity contribution in [2.24, 2.45) is 10.9 Å². The highest BCUT2D eigenvalue weighted by molar-refractivity contribution is 5.99. The molecule has 4 nitrogen and oxygen atoms in total. The van der Waals surface area contributed by atoms with Crippen molar-refractivity contribution < 1.29 is 0 Å². The predicted molar refractivity (Wildman–Crippen MR) is 52.9 cm³/mol. The number of aryl methyl sites for hydroxylation is 2. The first-order chi connectivity index (χ1) is 6.06. The number of hydrogen-bond donors (Lipinski definition) is 2. The number of nitrogens with zero attached hydrogens (tertiary/aromatic N) is 1. The maximum Gasteiger partial charge on any atom is 0.257 e. The van der Waals surface area contributed by atoms with Crippen LogP contribution >= 0.6 is 0 Å².